The van der Waals surface area contributed by atoms with E-state index in [0.717, 1.165) is 13.0 Å². The Bertz CT molecular complexity index is 711. The van der Waals surface area contributed by atoms with Crippen LogP contribution in [0.5, 0.6) is 5.75 Å². The number of halogens is 2. The van der Waals surface area contributed by atoms with Gasteiger partial charge in [0.15, 0.2) is 17.5 Å². The Labute approximate surface area is 171 Å². The van der Waals surface area contributed by atoms with Gasteiger partial charge in [0.2, 0.25) is 0 Å². The van der Waals surface area contributed by atoms with Gasteiger partial charge in [-0.05, 0) is 49.6 Å². The van der Waals surface area contributed by atoms with Crippen LogP contribution >= 0.6 is 24.0 Å². The summed E-state index contributed by atoms with van der Waals surface area (Å²) in [7, 11) is 1.72. The number of guanidine groups is 1. The fourth-order valence-corrected chi connectivity index (χ4v) is 2.36. The summed E-state index contributed by atoms with van der Waals surface area (Å²) < 4.78 is 19.2. The van der Waals surface area contributed by atoms with E-state index in [4.69, 9.17) is 4.74 Å². The highest BCUT2D eigenvalue weighted by molar-refractivity contribution is 14.0. The van der Waals surface area contributed by atoms with Crippen molar-refractivity contribution in [2.45, 2.75) is 26.4 Å². The van der Waals surface area contributed by atoms with E-state index in [9.17, 15) is 4.39 Å². The van der Waals surface area contributed by atoms with Crippen molar-refractivity contribution in [2.24, 2.45) is 4.99 Å². The minimum Gasteiger partial charge on any atom is -0.486 e. The van der Waals surface area contributed by atoms with Gasteiger partial charge in [-0.1, -0.05) is 12.1 Å². The van der Waals surface area contributed by atoms with Crippen molar-refractivity contribution in [2.75, 3.05) is 20.1 Å². The molecule has 0 bridgehead atoms. The highest BCUT2D eigenvalue weighted by atomic mass is 127. The topological polar surface area (TPSA) is 58.5 Å². The third-order valence-corrected chi connectivity index (χ3v) is 3.77. The Kier molecular flexibility index (Phi) is 9.93. The number of aliphatic imine (C=N–C) groups is 1. The summed E-state index contributed by atoms with van der Waals surface area (Å²) in [5, 5.41) is 6.45. The predicted octanol–water partition coefficient (Wildman–Crippen LogP) is 3.32. The van der Waals surface area contributed by atoms with Crippen LogP contribution in [0.4, 0.5) is 4.39 Å². The van der Waals surface area contributed by atoms with Crippen LogP contribution in [0.25, 0.3) is 0 Å². The van der Waals surface area contributed by atoms with Gasteiger partial charge in [-0.25, -0.2) is 4.39 Å². The molecule has 2 N–H and O–H groups in total. The molecule has 0 spiro atoms. The summed E-state index contributed by atoms with van der Waals surface area (Å²) in [5.41, 5.74) is 2.44. The van der Waals surface area contributed by atoms with Crippen LogP contribution in [0, 0.1) is 12.7 Å². The van der Waals surface area contributed by atoms with Gasteiger partial charge < -0.3 is 15.4 Å². The molecule has 0 aliphatic rings. The maximum atomic E-state index is 13.6. The molecule has 1 heterocycles. The van der Waals surface area contributed by atoms with Crippen molar-refractivity contribution in [1.29, 1.82) is 0 Å². The van der Waals surface area contributed by atoms with E-state index in [1.165, 1.54) is 17.2 Å². The Morgan fingerprint density at radius 2 is 2.04 bits per heavy atom. The summed E-state index contributed by atoms with van der Waals surface area (Å²) in [5.74, 6) is 0.591. The van der Waals surface area contributed by atoms with Crippen LogP contribution in [0.1, 0.15) is 18.1 Å². The first-order valence-corrected chi connectivity index (χ1v) is 8.35. The van der Waals surface area contributed by atoms with Crippen molar-refractivity contribution in [3.8, 4) is 5.75 Å². The summed E-state index contributed by atoms with van der Waals surface area (Å²) in [6.07, 6.45) is 4.36. The molecule has 0 saturated carbocycles. The van der Waals surface area contributed by atoms with Crippen LogP contribution in [-0.2, 0) is 6.42 Å². The lowest BCUT2D eigenvalue weighted by Crippen LogP contribution is -2.42. The van der Waals surface area contributed by atoms with Crippen LogP contribution in [-0.4, -0.2) is 37.2 Å². The molecule has 0 aliphatic heterocycles. The van der Waals surface area contributed by atoms with Crippen LogP contribution in [0.3, 0.4) is 0 Å². The fraction of sp³-hybridized carbons (Fsp3) is 0.368. The molecule has 5 nitrogen and oxygen atoms in total. The fourth-order valence-electron chi connectivity index (χ4n) is 2.36. The Hall–Kier alpha value is -1.90. The standard InChI is InChI=1S/C19H25FN4O.HI/c1-14-12-22-10-8-16(14)9-11-23-19(21-3)24-13-15(2)25-18-7-5-4-6-17(18)20;/h4-8,10,12,15H,9,11,13H2,1-3H3,(H2,21,23,24);1H. The monoisotopic (exact) mass is 472 g/mol. The van der Waals surface area contributed by atoms with E-state index >= 15 is 0 Å². The van der Waals surface area contributed by atoms with Gasteiger partial charge >= 0.3 is 0 Å². The van der Waals surface area contributed by atoms with Crippen LogP contribution in [0.2, 0.25) is 0 Å². The van der Waals surface area contributed by atoms with E-state index in [-0.39, 0.29) is 41.6 Å². The Balaban J connectivity index is 0.00000338. The number of nitrogens with zero attached hydrogens (tertiary/aromatic N) is 2. The molecule has 0 aliphatic carbocycles. The molecular formula is C19H26FIN4O. The lowest BCUT2D eigenvalue weighted by Gasteiger charge is -2.18. The van der Waals surface area contributed by atoms with Gasteiger partial charge in [-0.3, -0.25) is 9.98 Å². The lowest BCUT2D eigenvalue weighted by atomic mass is 10.1. The average Bonchev–Trinajstić information content (AvgIpc) is 2.61. The van der Waals surface area contributed by atoms with Crippen LogP contribution < -0.4 is 15.4 Å². The number of rotatable bonds is 7. The molecule has 26 heavy (non-hydrogen) atoms. The zero-order chi connectivity index (χ0) is 18.1. The third kappa shape index (κ3) is 7.15. The highest BCUT2D eigenvalue weighted by Gasteiger charge is 2.09. The SMILES string of the molecule is CN=C(NCCc1ccncc1C)NCC(C)Oc1ccccc1F.I. The minimum atomic E-state index is -0.357. The first kappa shape index (κ1) is 22.1. The van der Waals surface area contributed by atoms with E-state index in [0.29, 0.717) is 12.5 Å². The zero-order valence-electron chi connectivity index (χ0n) is 15.3. The molecule has 7 heteroatoms. The Morgan fingerprint density at radius 3 is 2.73 bits per heavy atom. The van der Waals surface area contributed by atoms with Gasteiger partial charge in [0, 0.05) is 26.0 Å². The molecular weight excluding hydrogens is 446 g/mol. The largest absolute Gasteiger partial charge is 0.486 e. The molecule has 142 valence electrons. The smallest absolute Gasteiger partial charge is 0.191 e. The second kappa shape index (κ2) is 11.7. The number of ether oxygens (including phenoxy) is 1. The van der Waals surface area contributed by atoms with Crippen LogP contribution in [0.15, 0.2) is 47.7 Å². The molecule has 2 aromatic rings. The summed E-state index contributed by atoms with van der Waals surface area (Å²) >= 11 is 0. The maximum absolute atomic E-state index is 13.6. The predicted molar refractivity (Wildman–Crippen MR) is 114 cm³/mol. The van der Waals surface area contributed by atoms with Gasteiger partial charge in [0.05, 0.1) is 6.54 Å². The first-order chi connectivity index (χ1) is 12.1. The molecule has 1 aromatic heterocycles. The lowest BCUT2D eigenvalue weighted by molar-refractivity contribution is 0.214. The summed E-state index contributed by atoms with van der Waals surface area (Å²) in [6, 6.07) is 8.42. The molecule has 0 amide bonds. The zero-order valence-corrected chi connectivity index (χ0v) is 17.7. The second-order valence-electron chi connectivity index (χ2n) is 5.79. The van der Waals surface area contributed by atoms with Gasteiger partial charge in [0.25, 0.3) is 0 Å². The highest BCUT2D eigenvalue weighted by Crippen LogP contribution is 2.16. The average molecular weight is 472 g/mol. The molecule has 0 radical (unpaired) electrons. The van der Waals surface area contributed by atoms with Gasteiger partial charge in [-0.2, -0.15) is 0 Å². The van der Waals surface area contributed by atoms with Crippen molar-refractivity contribution < 1.29 is 9.13 Å². The molecule has 2 rings (SSSR count). The summed E-state index contributed by atoms with van der Waals surface area (Å²) in [6.45, 7) is 5.21. The number of aromatic nitrogens is 1. The number of aryl methyl sites for hydroxylation is 1. The van der Waals surface area contributed by atoms with E-state index in [1.54, 1.807) is 31.4 Å². The van der Waals surface area contributed by atoms with Crippen molar-refractivity contribution in [1.82, 2.24) is 15.6 Å². The number of pyridine rings is 1. The number of hydrogen-bond acceptors (Lipinski definition) is 3. The number of hydrogen-bond donors (Lipinski definition) is 2. The van der Waals surface area contributed by atoms with Crippen molar-refractivity contribution >= 4 is 29.9 Å². The second-order valence-corrected chi connectivity index (χ2v) is 5.79. The normalized spacial score (nSPS) is 12.1. The molecule has 0 fully saturated rings. The van der Waals surface area contributed by atoms with E-state index in [2.05, 4.69) is 27.5 Å². The van der Waals surface area contributed by atoms with Gasteiger partial charge in [-0.15, -0.1) is 24.0 Å². The maximum Gasteiger partial charge on any atom is 0.191 e. The number of para-hydroxylation sites is 1. The minimum absolute atomic E-state index is 0. The van der Waals surface area contributed by atoms with E-state index in [1.807, 2.05) is 19.2 Å². The van der Waals surface area contributed by atoms with E-state index < -0.39 is 0 Å². The number of benzene rings is 1. The Morgan fingerprint density at radius 1 is 1.27 bits per heavy atom. The molecule has 1 aromatic carbocycles. The van der Waals surface area contributed by atoms with Gasteiger partial charge in [0.1, 0.15) is 6.10 Å². The van der Waals surface area contributed by atoms with Crippen molar-refractivity contribution in [3.63, 3.8) is 0 Å². The quantitative estimate of drug-likeness (QED) is 0.369. The first-order valence-electron chi connectivity index (χ1n) is 8.35. The van der Waals surface area contributed by atoms with Crippen molar-refractivity contribution in [3.05, 3.63) is 59.7 Å². The third-order valence-electron chi connectivity index (χ3n) is 3.77. The molecule has 0 saturated heterocycles. The summed E-state index contributed by atoms with van der Waals surface area (Å²) in [4.78, 5) is 8.29. The number of nitrogens with one attached hydrogen (secondary N) is 2. The molecule has 1 atom stereocenters. The molecule has 1 unspecified atom stereocenters.